The fraction of sp³-hybridized carbons (Fsp3) is 0.333. The second kappa shape index (κ2) is 6.31. The van der Waals surface area contributed by atoms with E-state index in [0.717, 1.165) is 25.3 Å². The smallest absolute Gasteiger partial charge is 0.280 e. The van der Waals surface area contributed by atoms with E-state index in [1.807, 2.05) is 18.2 Å². The lowest BCUT2D eigenvalue weighted by atomic mass is 10.2. The molecule has 1 aliphatic rings. The van der Waals surface area contributed by atoms with Crippen molar-refractivity contribution in [2.45, 2.75) is 6.04 Å². The van der Waals surface area contributed by atoms with Gasteiger partial charge in [0.1, 0.15) is 0 Å². The number of rotatable bonds is 3. The first-order chi connectivity index (χ1) is 11.7. The normalized spacial score (nSPS) is 18.8. The van der Waals surface area contributed by atoms with E-state index in [-0.39, 0.29) is 6.04 Å². The van der Waals surface area contributed by atoms with Crippen LogP contribution in [0, 0.1) is 0 Å². The number of halogens is 1. The number of para-hydroxylation sites is 1. The van der Waals surface area contributed by atoms with E-state index in [1.165, 1.54) is 0 Å². The third-order valence-electron chi connectivity index (χ3n) is 4.06. The molecule has 0 radical (unpaired) electrons. The lowest BCUT2D eigenvalue weighted by Crippen LogP contribution is -2.44. The summed E-state index contributed by atoms with van der Waals surface area (Å²) in [5, 5.41) is 16.2. The van der Waals surface area contributed by atoms with Gasteiger partial charge in [0.25, 0.3) is 5.89 Å². The Kier molecular flexibility index (Phi) is 4.01. The molecule has 124 valence electrons. The average molecular weight is 346 g/mol. The molecule has 0 bridgehead atoms. The minimum absolute atomic E-state index is 0.0925. The molecule has 0 saturated carbocycles. The van der Waals surface area contributed by atoms with E-state index in [2.05, 4.69) is 37.7 Å². The minimum atomic E-state index is 0.0925. The molecule has 1 fully saturated rings. The van der Waals surface area contributed by atoms with Crippen molar-refractivity contribution >= 4 is 11.6 Å². The molecule has 9 heteroatoms. The highest BCUT2D eigenvalue weighted by molar-refractivity contribution is 6.32. The van der Waals surface area contributed by atoms with Gasteiger partial charge in [-0.25, -0.2) is 4.68 Å². The van der Waals surface area contributed by atoms with Crippen LogP contribution in [0.15, 0.2) is 35.0 Å². The lowest BCUT2D eigenvalue weighted by molar-refractivity contribution is 0.190. The fourth-order valence-corrected chi connectivity index (χ4v) is 2.91. The molecule has 1 aliphatic heterocycles. The monoisotopic (exact) mass is 345 g/mol. The number of aromatic nitrogens is 5. The maximum Gasteiger partial charge on any atom is 0.280 e. The van der Waals surface area contributed by atoms with Crippen molar-refractivity contribution < 1.29 is 4.52 Å². The molecule has 1 saturated heterocycles. The molecule has 0 spiro atoms. The number of piperazine rings is 1. The Morgan fingerprint density at radius 2 is 2.21 bits per heavy atom. The van der Waals surface area contributed by atoms with Gasteiger partial charge in [0.05, 0.1) is 22.9 Å². The molecule has 4 rings (SSSR count). The first-order valence-corrected chi connectivity index (χ1v) is 8.02. The molecule has 2 aromatic heterocycles. The van der Waals surface area contributed by atoms with Gasteiger partial charge >= 0.3 is 0 Å². The zero-order chi connectivity index (χ0) is 16.5. The number of nitrogens with one attached hydrogen (secondary N) is 1. The lowest BCUT2D eigenvalue weighted by Gasteiger charge is -2.30. The summed E-state index contributed by atoms with van der Waals surface area (Å²) in [7, 11) is 2.05. The van der Waals surface area contributed by atoms with Crippen LogP contribution in [0.5, 0.6) is 0 Å². The maximum atomic E-state index is 6.18. The Labute approximate surface area is 143 Å². The average Bonchev–Trinajstić information content (AvgIpc) is 3.25. The summed E-state index contributed by atoms with van der Waals surface area (Å²) in [4.78, 5) is 6.68. The molecule has 0 amide bonds. The largest absolute Gasteiger partial charge is 0.332 e. The van der Waals surface area contributed by atoms with Crippen LogP contribution in [0.1, 0.15) is 11.9 Å². The number of nitrogens with zero attached hydrogens (tertiary/aromatic N) is 6. The van der Waals surface area contributed by atoms with Gasteiger partial charge in [-0.3, -0.25) is 4.90 Å². The third-order valence-corrected chi connectivity index (χ3v) is 4.38. The Morgan fingerprint density at radius 1 is 1.33 bits per heavy atom. The molecule has 8 nitrogen and oxygen atoms in total. The second-order valence-corrected chi connectivity index (χ2v) is 6.07. The van der Waals surface area contributed by atoms with Crippen molar-refractivity contribution in [1.82, 2.24) is 35.4 Å². The van der Waals surface area contributed by atoms with Crippen molar-refractivity contribution in [2.24, 2.45) is 0 Å². The van der Waals surface area contributed by atoms with Gasteiger partial charge in [-0.05, 0) is 19.2 Å². The topological polar surface area (TPSA) is 84.9 Å². The van der Waals surface area contributed by atoms with E-state index in [9.17, 15) is 0 Å². The van der Waals surface area contributed by atoms with E-state index in [0.29, 0.717) is 22.4 Å². The van der Waals surface area contributed by atoms with Gasteiger partial charge in [0.15, 0.2) is 11.5 Å². The minimum Gasteiger partial charge on any atom is -0.332 e. The van der Waals surface area contributed by atoms with E-state index in [1.54, 1.807) is 16.9 Å². The Morgan fingerprint density at radius 3 is 3.04 bits per heavy atom. The molecule has 1 unspecified atom stereocenters. The SMILES string of the molecule is CN1CCNCC1c1noc(-c2cn(-c3ccccc3Cl)nn2)n1. The van der Waals surface area contributed by atoms with Gasteiger partial charge in [0.2, 0.25) is 0 Å². The summed E-state index contributed by atoms with van der Waals surface area (Å²) in [6.07, 6.45) is 1.72. The van der Waals surface area contributed by atoms with Crippen LogP contribution in [0.4, 0.5) is 0 Å². The first kappa shape index (κ1) is 15.3. The highest BCUT2D eigenvalue weighted by Crippen LogP contribution is 2.23. The highest BCUT2D eigenvalue weighted by Gasteiger charge is 2.26. The number of benzene rings is 1. The van der Waals surface area contributed by atoms with E-state index < -0.39 is 0 Å². The van der Waals surface area contributed by atoms with Crippen molar-refractivity contribution in [3.63, 3.8) is 0 Å². The number of likely N-dealkylation sites (N-methyl/N-ethyl adjacent to an activating group) is 1. The van der Waals surface area contributed by atoms with Gasteiger partial charge in [-0.1, -0.05) is 34.1 Å². The zero-order valence-electron chi connectivity index (χ0n) is 13.1. The number of hydrogen-bond donors (Lipinski definition) is 1. The van der Waals surface area contributed by atoms with Crippen LogP contribution in [0.3, 0.4) is 0 Å². The molecule has 1 aromatic carbocycles. The molecule has 0 aliphatic carbocycles. The standard InChI is InChI=1S/C15H16ClN7O/c1-22-7-6-17-8-13(22)14-18-15(24-20-14)11-9-23(21-19-11)12-5-3-2-4-10(12)16/h2-5,9,13,17H,6-8H2,1H3. The quantitative estimate of drug-likeness (QED) is 0.770. The zero-order valence-corrected chi connectivity index (χ0v) is 13.8. The van der Waals surface area contributed by atoms with Gasteiger partial charge in [0, 0.05) is 19.6 Å². The van der Waals surface area contributed by atoms with Crippen LogP contribution in [0.25, 0.3) is 17.3 Å². The summed E-state index contributed by atoms with van der Waals surface area (Å²) in [5.41, 5.74) is 1.26. The molecular weight excluding hydrogens is 330 g/mol. The maximum absolute atomic E-state index is 6.18. The van der Waals surface area contributed by atoms with Crippen molar-refractivity contribution in [3.05, 3.63) is 41.3 Å². The molecular formula is C15H16ClN7O. The Hall–Kier alpha value is -2.29. The first-order valence-electron chi connectivity index (χ1n) is 7.64. The summed E-state index contributed by atoms with van der Waals surface area (Å²) < 4.78 is 6.96. The Bertz CT molecular complexity index is 846. The van der Waals surface area contributed by atoms with Crippen molar-refractivity contribution in [1.29, 1.82) is 0 Å². The van der Waals surface area contributed by atoms with Gasteiger partial charge in [-0.2, -0.15) is 4.98 Å². The van der Waals surface area contributed by atoms with Crippen LogP contribution < -0.4 is 5.32 Å². The van der Waals surface area contributed by atoms with Crippen LogP contribution in [0.2, 0.25) is 5.02 Å². The summed E-state index contributed by atoms with van der Waals surface area (Å²) in [6.45, 7) is 2.70. The van der Waals surface area contributed by atoms with E-state index >= 15 is 0 Å². The summed E-state index contributed by atoms with van der Waals surface area (Å²) in [5.74, 6) is 0.995. The van der Waals surface area contributed by atoms with Gasteiger partial charge < -0.3 is 9.84 Å². The molecule has 3 aromatic rings. The molecule has 1 atom stereocenters. The third kappa shape index (κ3) is 2.79. The second-order valence-electron chi connectivity index (χ2n) is 5.66. The highest BCUT2D eigenvalue weighted by atomic mass is 35.5. The van der Waals surface area contributed by atoms with Gasteiger partial charge in [-0.15, -0.1) is 5.10 Å². The molecule has 24 heavy (non-hydrogen) atoms. The fourth-order valence-electron chi connectivity index (χ4n) is 2.69. The van der Waals surface area contributed by atoms with Crippen molar-refractivity contribution in [2.75, 3.05) is 26.7 Å². The number of hydrogen-bond acceptors (Lipinski definition) is 7. The predicted octanol–water partition coefficient (Wildman–Crippen LogP) is 1.55. The molecule has 1 N–H and O–H groups in total. The molecule has 3 heterocycles. The van der Waals surface area contributed by atoms with Crippen LogP contribution in [-0.2, 0) is 0 Å². The summed E-state index contributed by atoms with van der Waals surface area (Å²) >= 11 is 6.18. The van der Waals surface area contributed by atoms with E-state index in [4.69, 9.17) is 16.1 Å². The van der Waals surface area contributed by atoms with Crippen LogP contribution >= 0.6 is 11.6 Å². The Balaban J connectivity index is 1.60. The summed E-state index contributed by atoms with van der Waals surface area (Å²) in [6, 6.07) is 7.51. The van der Waals surface area contributed by atoms with Crippen LogP contribution in [-0.4, -0.2) is 56.7 Å². The van der Waals surface area contributed by atoms with Crippen molar-refractivity contribution in [3.8, 4) is 17.3 Å². The predicted molar refractivity (Wildman–Crippen MR) is 87.9 cm³/mol.